The second kappa shape index (κ2) is 8.14. The summed E-state index contributed by atoms with van der Waals surface area (Å²) in [5.74, 6) is -0.0658. The van der Waals surface area contributed by atoms with Gasteiger partial charge in [0.2, 0.25) is 0 Å². The van der Waals surface area contributed by atoms with Crippen LogP contribution in [-0.4, -0.2) is 52.5 Å². The molecule has 0 spiro atoms. The van der Waals surface area contributed by atoms with Crippen molar-refractivity contribution in [1.29, 1.82) is 0 Å². The minimum absolute atomic E-state index is 0.205. The van der Waals surface area contributed by atoms with Gasteiger partial charge in [-0.05, 0) is 37.1 Å². The molecule has 4 rings (SSSR count). The Morgan fingerprint density at radius 1 is 1.17 bits per heavy atom. The fraction of sp³-hybridized carbons (Fsp3) is 0.364. The Labute approximate surface area is 174 Å². The fourth-order valence-electron chi connectivity index (χ4n) is 3.89. The SMILES string of the molecule is COc1ccc(NC(=O)c2cnc3c(c2)ncn3C2CCCC2)cc1C(=O)N(C)C. The van der Waals surface area contributed by atoms with Crippen molar-refractivity contribution in [1.82, 2.24) is 19.4 Å². The zero-order chi connectivity index (χ0) is 21.3. The summed E-state index contributed by atoms with van der Waals surface area (Å²) in [5.41, 5.74) is 2.80. The predicted molar refractivity (Wildman–Crippen MR) is 114 cm³/mol. The maximum Gasteiger partial charge on any atom is 0.257 e. The van der Waals surface area contributed by atoms with Crippen LogP contribution in [0, 0.1) is 0 Å². The quantitative estimate of drug-likeness (QED) is 0.699. The first-order valence-corrected chi connectivity index (χ1v) is 10.0. The number of hydrogen-bond acceptors (Lipinski definition) is 5. The average molecular weight is 407 g/mol. The summed E-state index contributed by atoms with van der Waals surface area (Å²) in [5, 5.41) is 2.83. The number of amides is 2. The zero-order valence-electron chi connectivity index (χ0n) is 17.4. The second-order valence-corrected chi connectivity index (χ2v) is 7.73. The van der Waals surface area contributed by atoms with Crippen LogP contribution in [-0.2, 0) is 0 Å². The first kappa shape index (κ1) is 19.9. The second-order valence-electron chi connectivity index (χ2n) is 7.73. The molecule has 1 aliphatic rings. The topological polar surface area (TPSA) is 89.3 Å². The smallest absolute Gasteiger partial charge is 0.257 e. The Morgan fingerprint density at radius 2 is 1.93 bits per heavy atom. The molecule has 0 bridgehead atoms. The van der Waals surface area contributed by atoms with Gasteiger partial charge in [0.15, 0.2) is 5.65 Å². The molecule has 0 atom stereocenters. The van der Waals surface area contributed by atoms with Gasteiger partial charge >= 0.3 is 0 Å². The maximum atomic E-state index is 12.8. The number of fused-ring (bicyclic) bond motifs is 1. The van der Waals surface area contributed by atoms with Gasteiger partial charge in [-0.2, -0.15) is 0 Å². The van der Waals surface area contributed by atoms with Crippen LogP contribution in [0.15, 0.2) is 36.8 Å². The summed E-state index contributed by atoms with van der Waals surface area (Å²) in [7, 11) is 4.84. The van der Waals surface area contributed by atoms with E-state index < -0.39 is 0 Å². The highest BCUT2D eigenvalue weighted by molar-refractivity contribution is 6.06. The molecule has 2 amide bonds. The molecule has 8 heteroatoms. The van der Waals surface area contributed by atoms with Gasteiger partial charge in [0.25, 0.3) is 11.8 Å². The first-order chi connectivity index (χ1) is 14.5. The van der Waals surface area contributed by atoms with Crippen LogP contribution in [0.1, 0.15) is 52.4 Å². The molecule has 0 radical (unpaired) electrons. The highest BCUT2D eigenvalue weighted by Crippen LogP contribution is 2.31. The van der Waals surface area contributed by atoms with E-state index in [1.165, 1.54) is 24.9 Å². The molecule has 2 aromatic heterocycles. The van der Waals surface area contributed by atoms with Crippen molar-refractivity contribution < 1.29 is 14.3 Å². The molecule has 1 aromatic carbocycles. The predicted octanol–water partition coefficient (Wildman–Crippen LogP) is 3.51. The van der Waals surface area contributed by atoms with Crippen molar-refractivity contribution in [2.45, 2.75) is 31.7 Å². The van der Waals surface area contributed by atoms with Crippen molar-refractivity contribution >= 4 is 28.7 Å². The monoisotopic (exact) mass is 407 g/mol. The van der Waals surface area contributed by atoms with E-state index in [4.69, 9.17) is 4.74 Å². The molecular weight excluding hydrogens is 382 g/mol. The van der Waals surface area contributed by atoms with Crippen LogP contribution >= 0.6 is 0 Å². The molecule has 1 N–H and O–H groups in total. The van der Waals surface area contributed by atoms with Crippen LogP contribution in [0.5, 0.6) is 5.75 Å². The number of anilines is 1. The molecule has 2 heterocycles. The number of nitrogens with zero attached hydrogens (tertiary/aromatic N) is 4. The third-order valence-electron chi connectivity index (χ3n) is 5.49. The normalized spacial score (nSPS) is 14.1. The van der Waals surface area contributed by atoms with E-state index >= 15 is 0 Å². The lowest BCUT2D eigenvalue weighted by atomic mass is 10.1. The summed E-state index contributed by atoms with van der Waals surface area (Å²) in [6.45, 7) is 0. The molecule has 0 unspecified atom stereocenters. The number of carbonyl (C=O) groups is 2. The number of carbonyl (C=O) groups excluding carboxylic acids is 2. The van der Waals surface area contributed by atoms with Gasteiger partial charge in [0, 0.05) is 32.0 Å². The van der Waals surface area contributed by atoms with Gasteiger partial charge in [-0.3, -0.25) is 9.59 Å². The third kappa shape index (κ3) is 3.72. The van der Waals surface area contributed by atoms with E-state index in [-0.39, 0.29) is 11.8 Å². The highest BCUT2D eigenvalue weighted by atomic mass is 16.5. The van der Waals surface area contributed by atoms with Gasteiger partial charge in [-0.15, -0.1) is 0 Å². The van der Waals surface area contributed by atoms with Crippen LogP contribution in [0.3, 0.4) is 0 Å². The Hall–Kier alpha value is -3.42. The molecule has 1 aliphatic carbocycles. The Bertz CT molecular complexity index is 1100. The van der Waals surface area contributed by atoms with Crippen molar-refractivity contribution in [2.75, 3.05) is 26.5 Å². The number of rotatable bonds is 5. The summed E-state index contributed by atoms with van der Waals surface area (Å²) in [4.78, 5) is 35.6. The van der Waals surface area contributed by atoms with E-state index in [1.807, 2.05) is 6.33 Å². The van der Waals surface area contributed by atoms with Crippen LogP contribution in [0.2, 0.25) is 0 Å². The molecule has 156 valence electrons. The number of pyridine rings is 1. The van der Waals surface area contributed by atoms with Crippen molar-refractivity contribution in [3.8, 4) is 5.75 Å². The largest absolute Gasteiger partial charge is 0.496 e. The number of aromatic nitrogens is 3. The molecule has 8 nitrogen and oxygen atoms in total. The zero-order valence-corrected chi connectivity index (χ0v) is 17.4. The summed E-state index contributed by atoms with van der Waals surface area (Å²) in [6.07, 6.45) is 8.12. The Morgan fingerprint density at radius 3 is 2.63 bits per heavy atom. The van der Waals surface area contributed by atoms with Gasteiger partial charge in [-0.25, -0.2) is 9.97 Å². The van der Waals surface area contributed by atoms with E-state index in [2.05, 4.69) is 19.9 Å². The summed E-state index contributed by atoms with van der Waals surface area (Å²) < 4.78 is 7.39. The number of imidazole rings is 1. The Balaban J connectivity index is 1.57. The summed E-state index contributed by atoms with van der Waals surface area (Å²) >= 11 is 0. The van der Waals surface area contributed by atoms with E-state index in [1.54, 1.807) is 44.6 Å². The third-order valence-corrected chi connectivity index (χ3v) is 5.49. The van der Waals surface area contributed by atoms with Crippen molar-refractivity contribution in [3.63, 3.8) is 0 Å². The van der Waals surface area contributed by atoms with Crippen LogP contribution in [0.4, 0.5) is 5.69 Å². The van der Waals surface area contributed by atoms with Crippen LogP contribution < -0.4 is 10.1 Å². The van der Waals surface area contributed by atoms with Crippen molar-refractivity contribution in [3.05, 3.63) is 47.9 Å². The van der Waals surface area contributed by atoms with Crippen molar-refractivity contribution in [2.24, 2.45) is 0 Å². The van der Waals surface area contributed by atoms with E-state index in [0.717, 1.165) is 18.5 Å². The van der Waals surface area contributed by atoms with E-state index in [0.29, 0.717) is 34.1 Å². The van der Waals surface area contributed by atoms with Crippen LogP contribution in [0.25, 0.3) is 11.2 Å². The molecule has 0 aliphatic heterocycles. The minimum atomic E-state index is -0.312. The standard InChI is InChI=1S/C22H25N5O3/c1-26(2)22(29)17-11-15(8-9-19(17)30-3)25-21(28)14-10-18-20(23-12-14)27(13-24-18)16-6-4-5-7-16/h8-13,16H,4-7H2,1-3H3,(H,25,28). The number of nitrogens with one attached hydrogen (secondary N) is 1. The molecule has 1 saturated carbocycles. The van der Waals surface area contributed by atoms with Gasteiger partial charge in [0.1, 0.15) is 11.3 Å². The van der Waals surface area contributed by atoms with Gasteiger partial charge in [0.05, 0.1) is 24.6 Å². The maximum absolute atomic E-state index is 12.8. The number of ether oxygens (including phenoxy) is 1. The van der Waals surface area contributed by atoms with Gasteiger partial charge < -0.3 is 19.5 Å². The minimum Gasteiger partial charge on any atom is -0.496 e. The lowest BCUT2D eigenvalue weighted by Crippen LogP contribution is -2.22. The lowest BCUT2D eigenvalue weighted by Gasteiger charge is -2.15. The first-order valence-electron chi connectivity index (χ1n) is 10.0. The number of methoxy groups -OCH3 is 1. The molecular formula is C22H25N5O3. The Kier molecular flexibility index (Phi) is 5.39. The molecule has 1 fully saturated rings. The van der Waals surface area contributed by atoms with E-state index in [9.17, 15) is 9.59 Å². The summed E-state index contributed by atoms with van der Waals surface area (Å²) in [6, 6.07) is 7.16. The highest BCUT2D eigenvalue weighted by Gasteiger charge is 2.20. The molecule has 30 heavy (non-hydrogen) atoms. The number of hydrogen-bond donors (Lipinski definition) is 1. The van der Waals surface area contributed by atoms with Gasteiger partial charge in [-0.1, -0.05) is 12.8 Å². The molecule has 3 aromatic rings. The fourth-order valence-corrected chi connectivity index (χ4v) is 3.89. The lowest BCUT2D eigenvalue weighted by molar-refractivity contribution is 0.0824. The number of benzene rings is 1. The average Bonchev–Trinajstić information content (AvgIpc) is 3.42. The molecule has 0 saturated heterocycles.